The van der Waals surface area contributed by atoms with E-state index in [-0.39, 0.29) is 42.0 Å². The third-order valence-electron chi connectivity index (χ3n) is 5.09. The van der Waals surface area contributed by atoms with Crippen LogP contribution in [0.5, 0.6) is 0 Å². The maximum atomic E-state index is 14.0. The predicted octanol–water partition coefficient (Wildman–Crippen LogP) is 3.46. The molecule has 0 bridgehead atoms. The van der Waals surface area contributed by atoms with Gasteiger partial charge in [-0.3, -0.25) is 4.79 Å². The lowest BCUT2D eigenvalue weighted by Crippen LogP contribution is -2.40. The molecule has 1 amide bonds. The van der Waals surface area contributed by atoms with Gasteiger partial charge in [-0.05, 0) is 55.0 Å². The van der Waals surface area contributed by atoms with Crippen LogP contribution in [-0.4, -0.2) is 31.7 Å². The van der Waals surface area contributed by atoms with Gasteiger partial charge in [-0.1, -0.05) is 24.3 Å². The average molecular weight is 422 g/mol. The second kappa shape index (κ2) is 9.45. The highest BCUT2D eigenvalue weighted by atomic mass is 32.2. The van der Waals surface area contributed by atoms with Crippen LogP contribution >= 0.6 is 0 Å². The molecule has 29 heavy (non-hydrogen) atoms. The van der Waals surface area contributed by atoms with Crippen LogP contribution in [-0.2, 0) is 21.4 Å². The molecule has 1 atom stereocenters. The molecular weight excluding hydrogens is 398 g/mol. The summed E-state index contributed by atoms with van der Waals surface area (Å²) < 4.78 is 54.0. The van der Waals surface area contributed by atoms with E-state index in [0.29, 0.717) is 24.9 Å². The van der Waals surface area contributed by atoms with Crippen LogP contribution in [0.2, 0.25) is 0 Å². The number of hydrogen-bond donors (Lipinski definition) is 1. The zero-order valence-electron chi connectivity index (χ0n) is 16.0. The monoisotopic (exact) mass is 422 g/mol. The second-order valence-electron chi connectivity index (χ2n) is 7.25. The number of amides is 1. The van der Waals surface area contributed by atoms with E-state index in [1.165, 1.54) is 34.6 Å². The van der Waals surface area contributed by atoms with Gasteiger partial charge in [-0.25, -0.2) is 17.2 Å². The zero-order chi connectivity index (χ0) is 20.9. The first-order valence-corrected chi connectivity index (χ1v) is 11.1. The second-order valence-corrected chi connectivity index (χ2v) is 9.15. The Morgan fingerprint density at radius 3 is 2.69 bits per heavy atom. The van der Waals surface area contributed by atoms with E-state index < -0.39 is 15.8 Å². The average Bonchev–Trinajstić information content (AvgIpc) is 2.71. The lowest BCUT2D eigenvalue weighted by atomic mass is 9.94. The highest BCUT2D eigenvalue weighted by molar-refractivity contribution is 7.89. The first kappa shape index (κ1) is 21.4. The molecule has 1 N–H and O–H groups in total. The summed E-state index contributed by atoms with van der Waals surface area (Å²) in [5.41, 5.74) is 0.679. The minimum atomic E-state index is -3.89. The number of rotatable bonds is 7. The summed E-state index contributed by atoms with van der Waals surface area (Å²) in [6, 6.07) is 11.4. The van der Waals surface area contributed by atoms with Crippen molar-refractivity contribution < 1.29 is 22.0 Å². The minimum Gasteiger partial charge on any atom is -0.352 e. The number of carbonyl (C=O) groups excluding carboxylic acids is 1. The van der Waals surface area contributed by atoms with Gasteiger partial charge in [-0.2, -0.15) is 4.31 Å². The van der Waals surface area contributed by atoms with E-state index in [4.69, 9.17) is 0 Å². The van der Waals surface area contributed by atoms with Crippen LogP contribution in [0.1, 0.15) is 31.2 Å². The summed E-state index contributed by atoms with van der Waals surface area (Å²) in [7, 11) is -3.89. The molecule has 1 saturated heterocycles. The van der Waals surface area contributed by atoms with E-state index in [1.807, 2.05) is 0 Å². The Hall–Kier alpha value is -2.32. The summed E-state index contributed by atoms with van der Waals surface area (Å²) >= 11 is 0. The van der Waals surface area contributed by atoms with Crippen LogP contribution in [0, 0.1) is 17.6 Å². The van der Waals surface area contributed by atoms with Gasteiger partial charge in [0, 0.05) is 26.1 Å². The van der Waals surface area contributed by atoms with Crippen molar-refractivity contribution in [3.05, 3.63) is 65.7 Å². The van der Waals surface area contributed by atoms with Gasteiger partial charge in [0.2, 0.25) is 15.9 Å². The van der Waals surface area contributed by atoms with Crippen molar-refractivity contribution in [1.29, 1.82) is 0 Å². The SMILES string of the molecule is O=C(CCC1CCCN(S(=O)(=O)c2ccccc2F)C1)NCc1cccc(F)c1. The van der Waals surface area contributed by atoms with E-state index in [1.54, 1.807) is 12.1 Å². The highest BCUT2D eigenvalue weighted by Gasteiger charge is 2.31. The van der Waals surface area contributed by atoms with Gasteiger partial charge in [0.25, 0.3) is 0 Å². The van der Waals surface area contributed by atoms with Gasteiger partial charge in [-0.15, -0.1) is 0 Å². The van der Waals surface area contributed by atoms with Gasteiger partial charge in [0.15, 0.2) is 0 Å². The van der Waals surface area contributed by atoms with Crippen molar-refractivity contribution in [3.63, 3.8) is 0 Å². The predicted molar refractivity (Wildman–Crippen MR) is 105 cm³/mol. The Kier molecular flexibility index (Phi) is 6.97. The molecule has 0 aliphatic carbocycles. The van der Waals surface area contributed by atoms with E-state index in [9.17, 15) is 22.0 Å². The molecule has 1 aliphatic heterocycles. The number of nitrogens with one attached hydrogen (secondary N) is 1. The lowest BCUT2D eigenvalue weighted by molar-refractivity contribution is -0.121. The summed E-state index contributed by atoms with van der Waals surface area (Å²) in [5, 5.41) is 2.75. The Morgan fingerprint density at radius 2 is 1.93 bits per heavy atom. The molecule has 3 rings (SSSR count). The minimum absolute atomic E-state index is 0.0326. The quantitative estimate of drug-likeness (QED) is 0.743. The van der Waals surface area contributed by atoms with Crippen molar-refractivity contribution in [3.8, 4) is 0 Å². The third-order valence-corrected chi connectivity index (χ3v) is 6.99. The summed E-state index contributed by atoms with van der Waals surface area (Å²) in [4.78, 5) is 11.8. The number of hydrogen-bond acceptors (Lipinski definition) is 3. The molecule has 1 aliphatic rings. The fourth-order valence-corrected chi connectivity index (χ4v) is 5.16. The lowest BCUT2D eigenvalue weighted by Gasteiger charge is -2.32. The molecule has 8 heteroatoms. The Bertz CT molecular complexity index is 966. The number of halogens is 2. The number of sulfonamides is 1. The van der Waals surface area contributed by atoms with Crippen LogP contribution in [0.4, 0.5) is 8.78 Å². The molecule has 1 heterocycles. The van der Waals surface area contributed by atoms with Crippen molar-refractivity contribution in [1.82, 2.24) is 9.62 Å². The van der Waals surface area contributed by atoms with Crippen molar-refractivity contribution >= 4 is 15.9 Å². The third kappa shape index (κ3) is 5.61. The zero-order valence-corrected chi connectivity index (χ0v) is 16.8. The normalized spacial score (nSPS) is 17.8. The van der Waals surface area contributed by atoms with Gasteiger partial charge in [0.05, 0.1) is 0 Å². The van der Waals surface area contributed by atoms with E-state index in [0.717, 1.165) is 12.5 Å². The molecule has 0 radical (unpaired) electrons. The fraction of sp³-hybridized carbons (Fsp3) is 0.381. The molecule has 0 aromatic heterocycles. The molecule has 1 unspecified atom stereocenters. The molecule has 5 nitrogen and oxygen atoms in total. The van der Waals surface area contributed by atoms with Crippen molar-refractivity contribution in [2.45, 2.75) is 37.1 Å². The maximum absolute atomic E-state index is 14.0. The summed E-state index contributed by atoms with van der Waals surface area (Å²) in [6.07, 6.45) is 2.29. The van der Waals surface area contributed by atoms with E-state index in [2.05, 4.69) is 5.32 Å². The number of carbonyl (C=O) groups is 1. The van der Waals surface area contributed by atoms with Gasteiger partial charge >= 0.3 is 0 Å². The number of benzene rings is 2. The largest absolute Gasteiger partial charge is 0.352 e. The molecule has 2 aromatic carbocycles. The molecule has 1 fully saturated rings. The van der Waals surface area contributed by atoms with Gasteiger partial charge in [0.1, 0.15) is 16.5 Å². The highest BCUT2D eigenvalue weighted by Crippen LogP contribution is 2.27. The smallest absolute Gasteiger partial charge is 0.245 e. The molecule has 156 valence electrons. The van der Waals surface area contributed by atoms with Crippen LogP contribution in [0.15, 0.2) is 53.4 Å². The first-order chi connectivity index (χ1) is 13.9. The summed E-state index contributed by atoms with van der Waals surface area (Å²) in [6.45, 7) is 0.863. The van der Waals surface area contributed by atoms with Crippen molar-refractivity contribution in [2.75, 3.05) is 13.1 Å². The standard InChI is InChI=1S/C21H24F2N2O3S/c22-18-7-3-5-17(13-18)14-24-21(26)11-10-16-6-4-12-25(15-16)29(27,28)20-9-2-1-8-19(20)23/h1-3,5,7-9,13,16H,4,6,10-12,14-15H2,(H,24,26). The molecular formula is C21H24F2N2O3S. The van der Waals surface area contributed by atoms with Crippen LogP contribution < -0.4 is 5.32 Å². The first-order valence-electron chi connectivity index (χ1n) is 9.62. The molecule has 2 aromatic rings. The van der Waals surface area contributed by atoms with Crippen LogP contribution in [0.3, 0.4) is 0 Å². The Balaban J connectivity index is 1.52. The molecule has 0 spiro atoms. The maximum Gasteiger partial charge on any atom is 0.245 e. The van der Waals surface area contributed by atoms with Gasteiger partial charge < -0.3 is 5.32 Å². The number of piperidine rings is 1. The topological polar surface area (TPSA) is 66.5 Å². The Labute approximate surface area is 169 Å². The van der Waals surface area contributed by atoms with Crippen molar-refractivity contribution in [2.24, 2.45) is 5.92 Å². The summed E-state index contributed by atoms with van der Waals surface area (Å²) in [5.74, 6) is -1.24. The number of nitrogens with zero attached hydrogens (tertiary/aromatic N) is 1. The van der Waals surface area contributed by atoms with E-state index >= 15 is 0 Å². The van der Waals surface area contributed by atoms with Crippen LogP contribution in [0.25, 0.3) is 0 Å². The molecule has 0 saturated carbocycles. The fourth-order valence-electron chi connectivity index (χ4n) is 3.54. The Morgan fingerprint density at radius 1 is 1.14 bits per heavy atom.